The van der Waals surface area contributed by atoms with Crippen molar-refractivity contribution in [1.82, 2.24) is 0 Å². The molecule has 0 amide bonds. The summed E-state index contributed by atoms with van der Waals surface area (Å²) in [7, 11) is 1.67. The zero-order valence-corrected chi connectivity index (χ0v) is 24.0. The van der Waals surface area contributed by atoms with Gasteiger partial charge in [0.1, 0.15) is 0 Å². The molecule has 2 unspecified atom stereocenters. The molecule has 6 rings (SSSR count). The van der Waals surface area contributed by atoms with Gasteiger partial charge >= 0.3 is 0 Å². The van der Waals surface area contributed by atoms with Crippen LogP contribution in [0.3, 0.4) is 0 Å². The Balaban J connectivity index is 1.31. The van der Waals surface area contributed by atoms with Gasteiger partial charge in [-0.2, -0.15) is 0 Å². The van der Waals surface area contributed by atoms with Crippen LogP contribution < -0.4 is 0 Å². The van der Waals surface area contributed by atoms with Gasteiger partial charge in [0.25, 0.3) is 0 Å². The van der Waals surface area contributed by atoms with E-state index in [0.717, 1.165) is 0 Å². The van der Waals surface area contributed by atoms with Gasteiger partial charge in [0, 0.05) is 32.2 Å². The van der Waals surface area contributed by atoms with Gasteiger partial charge in [-0.15, -0.1) is 15.1 Å². The van der Waals surface area contributed by atoms with Crippen LogP contribution in [-0.4, -0.2) is 0 Å². The van der Waals surface area contributed by atoms with Crippen LogP contribution in [-0.2, 0) is 12.3 Å². The zero-order valence-electron chi connectivity index (χ0n) is 20.5. The maximum atomic E-state index is 3.89. The van der Waals surface area contributed by atoms with E-state index in [1.807, 2.05) is 0 Å². The molecule has 37 heavy (non-hydrogen) atoms. The van der Waals surface area contributed by atoms with E-state index in [2.05, 4.69) is 132 Å². The molecule has 0 saturated heterocycles. The van der Waals surface area contributed by atoms with Gasteiger partial charge in [-0.3, -0.25) is 0 Å². The summed E-state index contributed by atoms with van der Waals surface area (Å²) in [6.07, 6.45) is 3.60. The first kappa shape index (κ1) is 24.6. The highest BCUT2D eigenvalue weighted by Crippen LogP contribution is 2.57. The lowest BCUT2D eigenvalue weighted by Crippen LogP contribution is -1.82. The van der Waals surface area contributed by atoms with Crippen molar-refractivity contribution in [2.45, 2.75) is 18.7 Å². The second-order valence-corrected chi connectivity index (χ2v) is 15.4. The van der Waals surface area contributed by atoms with E-state index in [0.29, 0.717) is 0 Å². The predicted molar refractivity (Wildman–Crippen MR) is 167 cm³/mol. The quantitative estimate of drug-likeness (QED) is 0.178. The normalized spacial score (nSPS) is 12.4. The first-order chi connectivity index (χ1) is 18.4. The van der Waals surface area contributed by atoms with E-state index in [1.165, 1.54) is 78.6 Å². The van der Waals surface area contributed by atoms with Crippen LogP contribution in [0.1, 0.15) is 6.42 Å². The highest BCUT2D eigenvalue weighted by Gasteiger charge is 2.17. The van der Waals surface area contributed by atoms with Gasteiger partial charge in [-0.05, 0) is 41.0 Å². The molecule has 0 fully saturated rings. The molecule has 6 aromatic rings. The summed E-state index contributed by atoms with van der Waals surface area (Å²) >= 11 is 0. The minimum atomic E-state index is -0.410. The smallest absolute Gasteiger partial charge is 0.0381 e. The van der Waals surface area contributed by atoms with Crippen LogP contribution in [0.2, 0.25) is 0 Å². The molecule has 2 aromatic heterocycles. The molecule has 0 aliphatic rings. The Bertz CT molecular complexity index is 1450. The third-order valence-corrected chi connectivity index (χ3v) is 14.6. The molecular weight excluding hydrogens is 520 g/mol. The molecule has 0 aliphatic heterocycles. The van der Waals surface area contributed by atoms with Gasteiger partial charge in [0.2, 0.25) is 0 Å². The number of aryl methyl sites for hydroxylation is 2. The Kier molecular flexibility index (Phi) is 7.84. The number of hydrogen-bond acceptors (Lipinski definition) is 0. The fraction of sp³-hybridized carbons (Fsp3) is 0.0909. The molecule has 178 valence electrons. The van der Waals surface area contributed by atoms with Crippen LogP contribution in [0.5, 0.6) is 0 Å². The van der Waals surface area contributed by atoms with Crippen molar-refractivity contribution in [3.8, 4) is 43.4 Å². The van der Waals surface area contributed by atoms with Gasteiger partial charge in [-0.25, -0.2) is 0 Å². The van der Waals surface area contributed by atoms with Crippen molar-refractivity contribution in [3.63, 3.8) is 0 Å². The maximum absolute atomic E-state index is 3.89. The summed E-state index contributed by atoms with van der Waals surface area (Å²) in [4.78, 5) is 0. The zero-order chi connectivity index (χ0) is 24.9. The molecule has 0 N–H and O–H groups in total. The summed E-state index contributed by atoms with van der Waals surface area (Å²) < 4.78 is 0. The fourth-order valence-electron chi connectivity index (χ4n) is 4.76. The number of benzene rings is 4. The lowest BCUT2D eigenvalue weighted by atomic mass is 10.1. The number of rotatable bonds is 8. The van der Waals surface area contributed by atoms with E-state index in [1.54, 1.807) is 0 Å². The standard InChI is InChI=1S/C33H26P4/c1-5-14-26(15-6-1)30-32(28-18-9-3-10-19-28)36(24-34-30)22-13-23-37-25-35-31(27-16-7-2-8-17-27)33(37)29-20-11-4-12-21-29/h1-12,14-21H,13,22-23H2. The van der Waals surface area contributed by atoms with Crippen molar-refractivity contribution >= 4 is 31.5 Å². The summed E-state index contributed by atoms with van der Waals surface area (Å²) in [5.41, 5.74) is 13.2. The fourth-order valence-corrected chi connectivity index (χ4v) is 13.5. The third-order valence-electron chi connectivity index (χ3n) is 6.51. The lowest BCUT2D eigenvalue weighted by Gasteiger charge is -2.11. The van der Waals surface area contributed by atoms with Gasteiger partial charge < -0.3 is 0 Å². The molecule has 4 heteroatoms. The van der Waals surface area contributed by atoms with Crippen molar-refractivity contribution in [2.75, 3.05) is 0 Å². The molecule has 0 saturated carbocycles. The van der Waals surface area contributed by atoms with Gasteiger partial charge in [-0.1, -0.05) is 138 Å². The Labute approximate surface area is 225 Å². The molecule has 2 atom stereocenters. The van der Waals surface area contributed by atoms with E-state index in [9.17, 15) is 0 Å². The summed E-state index contributed by atoms with van der Waals surface area (Å²) in [6, 6.07) is 43.8. The van der Waals surface area contributed by atoms with Crippen molar-refractivity contribution in [3.05, 3.63) is 132 Å². The highest BCUT2D eigenvalue weighted by molar-refractivity contribution is 7.62. The first-order valence-electron chi connectivity index (χ1n) is 12.6. The van der Waals surface area contributed by atoms with Crippen molar-refractivity contribution < 1.29 is 0 Å². The lowest BCUT2D eigenvalue weighted by molar-refractivity contribution is 0.985. The second kappa shape index (κ2) is 11.8. The summed E-state index contributed by atoms with van der Waals surface area (Å²) in [5, 5.41) is 5.94. The second-order valence-electron chi connectivity index (χ2n) is 8.94. The molecular formula is C33H26P4. The molecule has 4 aromatic carbocycles. The van der Waals surface area contributed by atoms with E-state index in [-0.39, 0.29) is 0 Å². The number of hydrogen-bond donors (Lipinski definition) is 0. The maximum Gasteiger partial charge on any atom is 0.0381 e. The van der Waals surface area contributed by atoms with Crippen LogP contribution in [0, 0.1) is 11.1 Å². The summed E-state index contributed by atoms with van der Waals surface area (Å²) in [6.45, 7) is 0. The molecule has 2 radical (unpaired) electrons. The topological polar surface area (TPSA) is 0 Å². The minimum absolute atomic E-state index is 0.410. The van der Waals surface area contributed by atoms with E-state index >= 15 is 0 Å². The van der Waals surface area contributed by atoms with Crippen molar-refractivity contribution in [1.29, 1.82) is 0 Å². The Morgan fingerprint density at radius 1 is 0.432 bits per heavy atom. The predicted octanol–water partition coefficient (Wildman–Crippen LogP) is 12.2. The Hall–Kier alpha value is -2.70. The van der Waals surface area contributed by atoms with Crippen LogP contribution in [0.4, 0.5) is 0 Å². The third kappa shape index (κ3) is 5.46. The Morgan fingerprint density at radius 3 is 1.11 bits per heavy atom. The van der Waals surface area contributed by atoms with Gasteiger partial charge in [0.05, 0.1) is 0 Å². The molecule has 2 heterocycles. The largest absolute Gasteiger partial charge is 0.102 e. The first-order valence-corrected chi connectivity index (χ1v) is 17.4. The molecule has 0 aliphatic carbocycles. The van der Waals surface area contributed by atoms with Crippen molar-refractivity contribution in [2.24, 2.45) is 0 Å². The van der Waals surface area contributed by atoms with Crippen LogP contribution >= 0.6 is 31.5 Å². The average molecular weight is 546 g/mol. The minimum Gasteiger partial charge on any atom is -0.102 e. The van der Waals surface area contributed by atoms with E-state index < -0.39 is 15.1 Å². The monoisotopic (exact) mass is 546 g/mol. The molecule has 0 spiro atoms. The SMILES string of the molecule is [c]1pc(-c2ccccc2)c(-c2ccccc2)p1CCCp1[c]pc(-c2ccccc2)c1-c1ccccc1. The molecule has 0 bridgehead atoms. The average Bonchev–Trinajstić information content (AvgIpc) is 3.60. The van der Waals surface area contributed by atoms with E-state index in [4.69, 9.17) is 0 Å². The van der Waals surface area contributed by atoms with Crippen LogP contribution in [0.25, 0.3) is 43.4 Å². The van der Waals surface area contributed by atoms with Crippen LogP contribution in [0.15, 0.2) is 121 Å². The molecule has 0 nitrogen and oxygen atoms in total. The highest BCUT2D eigenvalue weighted by atomic mass is 31.1. The summed E-state index contributed by atoms with van der Waals surface area (Å²) in [5.74, 6) is 0. The van der Waals surface area contributed by atoms with Gasteiger partial charge in [0.15, 0.2) is 0 Å². The Morgan fingerprint density at radius 2 is 0.757 bits per heavy atom.